The van der Waals surface area contributed by atoms with Crippen LogP contribution in [0.4, 0.5) is 0 Å². The number of hydrogen-bond donors (Lipinski definition) is 0. The van der Waals surface area contributed by atoms with Crippen LogP contribution >= 0.6 is 11.3 Å². The van der Waals surface area contributed by atoms with Crippen molar-refractivity contribution in [2.24, 2.45) is 0 Å². The van der Waals surface area contributed by atoms with E-state index in [9.17, 15) is 0 Å². The molecule has 0 aliphatic carbocycles. The molecule has 6 nitrogen and oxygen atoms in total. The van der Waals surface area contributed by atoms with Crippen molar-refractivity contribution >= 4 is 53.6 Å². The van der Waals surface area contributed by atoms with Gasteiger partial charge in [-0.05, 0) is 41.5 Å². The molecule has 0 unspecified atom stereocenters. The Morgan fingerprint density at radius 1 is 0.339 bits per heavy atom. The highest BCUT2D eigenvalue weighted by Gasteiger charge is 2.18. The largest absolute Gasteiger partial charge is 0.456 e. The fraction of sp³-hybridized carbons (Fsp3) is 0. The molecule has 4 heterocycles. The zero-order valence-corrected chi connectivity index (χ0v) is 30.6. The van der Waals surface area contributed by atoms with Crippen LogP contribution in [0.15, 0.2) is 180 Å². The number of aromatic nitrogens is 5. The monoisotopic (exact) mass is 735 g/mol. The molecule has 56 heavy (non-hydrogen) atoms. The molecule has 7 heteroatoms. The molecule has 0 bridgehead atoms. The lowest BCUT2D eigenvalue weighted by molar-refractivity contribution is 0.669. The smallest absolute Gasteiger partial charge is 0.164 e. The molecule has 0 fully saturated rings. The first-order valence-electron chi connectivity index (χ1n) is 18.4. The lowest BCUT2D eigenvalue weighted by Gasteiger charge is -2.08. The second-order valence-corrected chi connectivity index (χ2v) is 14.7. The Balaban J connectivity index is 0.955. The van der Waals surface area contributed by atoms with Gasteiger partial charge in [0.05, 0.1) is 15.9 Å². The van der Waals surface area contributed by atoms with Gasteiger partial charge >= 0.3 is 0 Å². The van der Waals surface area contributed by atoms with E-state index in [4.69, 9.17) is 29.3 Å². The Bertz CT molecular complexity index is 3180. The van der Waals surface area contributed by atoms with Gasteiger partial charge in [-0.2, -0.15) is 0 Å². The van der Waals surface area contributed by atoms with Crippen LogP contribution in [0.3, 0.4) is 0 Å². The molecule has 7 aromatic carbocycles. The zero-order valence-electron chi connectivity index (χ0n) is 29.8. The highest BCUT2D eigenvalue weighted by atomic mass is 32.1. The number of rotatable bonds is 6. The first kappa shape index (κ1) is 32.1. The van der Waals surface area contributed by atoms with Gasteiger partial charge in [-0.15, -0.1) is 11.3 Å². The molecule has 0 radical (unpaired) electrons. The molecule has 0 saturated heterocycles. The van der Waals surface area contributed by atoms with Gasteiger partial charge in [0.2, 0.25) is 0 Å². The number of hydrogen-bond acceptors (Lipinski definition) is 7. The van der Waals surface area contributed by atoms with E-state index in [1.807, 2.05) is 78.9 Å². The minimum Gasteiger partial charge on any atom is -0.456 e. The summed E-state index contributed by atoms with van der Waals surface area (Å²) >= 11 is 1.75. The summed E-state index contributed by atoms with van der Waals surface area (Å²) in [6, 6.07) is 59.9. The number of fused-ring (bicyclic) bond motifs is 6. The summed E-state index contributed by atoms with van der Waals surface area (Å²) in [5.74, 6) is 2.55. The lowest BCUT2D eigenvalue weighted by atomic mass is 10.0. The molecule has 11 rings (SSSR count). The third kappa shape index (κ3) is 5.61. The maximum absolute atomic E-state index is 6.43. The first-order valence-corrected chi connectivity index (χ1v) is 19.2. The van der Waals surface area contributed by atoms with Gasteiger partial charge in [-0.3, -0.25) is 0 Å². The second-order valence-electron chi connectivity index (χ2n) is 13.7. The van der Waals surface area contributed by atoms with Gasteiger partial charge in [-0.1, -0.05) is 146 Å². The summed E-state index contributed by atoms with van der Waals surface area (Å²) in [5.41, 5.74) is 10.5. The van der Waals surface area contributed by atoms with Gasteiger partial charge in [0.25, 0.3) is 0 Å². The van der Waals surface area contributed by atoms with Crippen LogP contribution in [0, 0.1) is 0 Å². The van der Waals surface area contributed by atoms with E-state index >= 15 is 0 Å². The van der Waals surface area contributed by atoms with Crippen molar-refractivity contribution in [3.05, 3.63) is 176 Å². The molecule has 4 aromatic heterocycles. The summed E-state index contributed by atoms with van der Waals surface area (Å²) in [4.78, 5) is 25.0. The molecular formula is C49H29N5OS. The average Bonchev–Trinajstić information content (AvgIpc) is 3.84. The van der Waals surface area contributed by atoms with Crippen LogP contribution in [0.25, 0.3) is 110 Å². The highest BCUT2D eigenvalue weighted by molar-refractivity contribution is 7.26. The minimum atomic E-state index is 0.590. The third-order valence-electron chi connectivity index (χ3n) is 10.2. The van der Waals surface area contributed by atoms with Crippen molar-refractivity contribution in [2.75, 3.05) is 0 Å². The van der Waals surface area contributed by atoms with Crippen LogP contribution in [0.2, 0.25) is 0 Å². The predicted molar refractivity (Wildman–Crippen MR) is 228 cm³/mol. The van der Waals surface area contributed by atoms with E-state index < -0.39 is 0 Å². The Hall–Kier alpha value is -7.35. The summed E-state index contributed by atoms with van der Waals surface area (Å²) in [7, 11) is 0. The van der Waals surface area contributed by atoms with Gasteiger partial charge in [0.15, 0.2) is 23.3 Å². The van der Waals surface area contributed by atoms with Gasteiger partial charge in [0.1, 0.15) is 11.2 Å². The van der Waals surface area contributed by atoms with E-state index in [0.29, 0.717) is 23.3 Å². The molecule has 11 aromatic rings. The fourth-order valence-electron chi connectivity index (χ4n) is 7.36. The van der Waals surface area contributed by atoms with E-state index in [-0.39, 0.29) is 0 Å². The Morgan fingerprint density at radius 2 is 0.875 bits per heavy atom. The quantitative estimate of drug-likeness (QED) is 0.169. The van der Waals surface area contributed by atoms with Crippen LogP contribution in [-0.4, -0.2) is 24.9 Å². The van der Waals surface area contributed by atoms with Crippen LogP contribution in [0.5, 0.6) is 0 Å². The van der Waals surface area contributed by atoms with Crippen molar-refractivity contribution in [3.8, 4) is 67.9 Å². The van der Waals surface area contributed by atoms with Crippen LogP contribution < -0.4 is 0 Å². The normalized spacial score (nSPS) is 11.6. The molecule has 262 valence electrons. The minimum absolute atomic E-state index is 0.590. The molecule has 0 aliphatic heterocycles. The van der Waals surface area contributed by atoms with E-state index in [1.54, 1.807) is 11.3 Å². The van der Waals surface area contributed by atoms with E-state index in [2.05, 4.69) is 97.1 Å². The topological polar surface area (TPSA) is 77.6 Å². The number of nitrogens with zero attached hydrogens (tertiary/aromatic N) is 5. The standard InChI is InChI=1S/C49H29N5OS/c1-4-12-31(13-5-1)43-45-44(38-18-10-11-19-42(38)56-45)51-46(50-43)34-22-20-30(21-23-34)35-25-27-40-39(28-35)37-26-24-36(29-41(37)55-40)49-53-47(32-14-6-2-7-15-32)52-48(54-49)33-16-8-3-9-17-33/h1-29H. The van der Waals surface area contributed by atoms with Crippen LogP contribution in [0.1, 0.15) is 0 Å². The Morgan fingerprint density at radius 3 is 1.57 bits per heavy atom. The molecular weight excluding hydrogens is 707 g/mol. The summed E-state index contributed by atoms with van der Waals surface area (Å²) in [6.07, 6.45) is 0. The lowest BCUT2D eigenvalue weighted by Crippen LogP contribution is -2.00. The van der Waals surface area contributed by atoms with Crippen molar-refractivity contribution in [2.45, 2.75) is 0 Å². The van der Waals surface area contributed by atoms with Gasteiger partial charge in [0, 0.05) is 48.7 Å². The average molecular weight is 736 g/mol. The molecule has 0 amide bonds. The zero-order chi connectivity index (χ0) is 37.0. The number of benzene rings is 7. The predicted octanol–water partition coefficient (Wildman–Crippen LogP) is 12.9. The summed E-state index contributed by atoms with van der Waals surface area (Å²) < 4.78 is 8.74. The highest BCUT2D eigenvalue weighted by Crippen LogP contribution is 2.40. The third-order valence-corrected chi connectivity index (χ3v) is 11.3. The Labute approximate surface area is 325 Å². The molecule has 0 aliphatic rings. The molecule has 0 atom stereocenters. The number of furan rings is 1. The van der Waals surface area contributed by atoms with Crippen molar-refractivity contribution in [3.63, 3.8) is 0 Å². The molecule has 0 N–H and O–H groups in total. The fourth-order valence-corrected chi connectivity index (χ4v) is 8.51. The van der Waals surface area contributed by atoms with Crippen molar-refractivity contribution in [1.29, 1.82) is 0 Å². The second kappa shape index (κ2) is 13.2. The molecule has 0 saturated carbocycles. The first-order chi connectivity index (χ1) is 27.7. The van der Waals surface area contributed by atoms with Gasteiger partial charge < -0.3 is 4.42 Å². The van der Waals surface area contributed by atoms with Crippen molar-refractivity contribution < 1.29 is 4.42 Å². The maximum Gasteiger partial charge on any atom is 0.164 e. The SMILES string of the molecule is c1ccc(-c2nc(-c3ccccc3)nc(-c3ccc4c(c3)oc3ccc(-c5ccc(-c6nc(-c7ccccc7)c7sc8ccccc8c7n6)cc5)cc34)n2)cc1. The summed E-state index contributed by atoms with van der Waals surface area (Å²) in [5, 5.41) is 3.23. The summed E-state index contributed by atoms with van der Waals surface area (Å²) in [6.45, 7) is 0. The number of thiophene rings is 1. The van der Waals surface area contributed by atoms with E-state index in [1.165, 1.54) is 4.70 Å². The van der Waals surface area contributed by atoms with Gasteiger partial charge in [-0.25, -0.2) is 24.9 Å². The Kier molecular flexibility index (Phi) is 7.57. The van der Waals surface area contributed by atoms with E-state index in [0.717, 1.165) is 82.2 Å². The maximum atomic E-state index is 6.43. The molecule has 0 spiro atoms. The van der Waals surface area contributed by atoms with Crippen LogP contribution in [-0.2, 0) is 0 Å². The van der Waals surface area contributed by atoms with Crippen molar-refractivity contribution in [1.82, 2.24) is 24.9 Å².